The zero-order chi connectivity index (χ0) is 5.98. The summed E-state index contributed by atoms with van der Waals surface area (Å²) in [6.45, 7) is 2.60. The molecule has 0 aromatic heterocycles. The Morgan fingerprint density at radius 2 is 2.50 bits per heavy atom. The lowest BCUT2D eigenvalue weighted by Crippen LogP contribution is -2.20. The van der Waals surface area contributed by atoms with Crippen LogP contribution in [0, 0.1) is 0 Å². The van der Waals surface area contributed by atoms with Crippen molar-refractivity contribution in [1.29, 1.82) is 0 Å². The van der Waals surface area contributed by atoms with Crippen molar-refractivity contribution >= 4 is 0 Å². The minimum atomic E-state index is -0.280. The summed E-state index contributed by atoms with van der Waals surface area (Å²) < 4.78 is 5.16. The zero-order valence-electron chi connectivity index (χ0n) is 5.13. The van der Waals surface area contributed by atoms with E-state index in [-0.39, 0.29) is 12.2 Å². The molecule has 1 aliphatic rings. The molecule has 0 aromatic carbocycles. The number of rotatable bonds is 1. The van der Waals surface area contributed by atoms with Crippen molar-refractivity contribution in [1.82, 2.24) is 0 Å². The van der Waals surface area contributed by atoms with Gasteiger partial charge in [0, 0.05) is 6.61 Å². The Bertz CT molecular complexity index is 64.9. The molecule has 1 saturated heterocycles. The topological polar surface area (TPSA) is 29.5 Å². The molecule has 0 saturated carbocycles. The number of ether oxygens (including phenoxy) is 1. The van der Waals surface area contributed by atoms with Crippen LogP contribution in [-0.2, 0) is 4.74 Å². The van der Waals surface area contributed by atoms with E-state index in [0.29, 0.717) is 0 Å². The van der Waals surface area contributed by atoms with Crippen molar-refractivity contribution in [2.75, 3.05) is 6.61 Å². The van der Waals surface area contributed by atoms with E-state index in [1.807, 2.05) is 0 Å². The summed E-state index contributed by atoms with van der Waals surface area (Å²) in [6, 6.07) is 0. The molecule has 2 atom stereocenters. The molecule has 2 heteroatoms. The van der Waals surface area contributed by atoms with E-state index in [2.05, 4.69) is 0 Å². The molecule has 48 valence electrons. The van der Waals surface area contributed by atoms with Crippen molar-refractivity contribution < 1.29 is 9.84 Å². The molecule has 0 amide bonds. The highest BCUT2D eigenvalue weighted by Gasteiger charge is 2.19. The van der Waals surface area contributed by atoms with E-state index in [0.717, 1.165) is 19.4 Å². The SMILES string of the molecule is C[C@H](O)[C@H]1CCCO1. The van der Waals surface area contributed by atoms with Crippen LogP contribution >= 0.6 is 0 Å². The van der Waals surface area contributed by atoms with Crippen molar-refractivity contribution in [2.45, 2.75) is 32.0 Å². The maximum atomic E-state index is 8.93. The highest BCUT2D eigenvalue weighted by atomic mass is 16.5. The summed E-state index contributed by atoms with van der Waals surface area (Å²) in [7, 11) is 0. The molecule has 1 fully saturated rings. The van der Waals surface area contributed by atoms with Crippen LogP contribution in [0.5, 0.6) is 0 Å². The number of aliphatic hydroxyl groups is 1. The van der Waals surface area contributed by atoms with Gasteiger partial charge in [-0.1, -0.05) is 0 Å². The minimum absolute atomic E-state index is 0.120. The van der Waals surface area contributed by atoms with Gasteiger partial charge >= 0.3 is 0 Å². The smallest absolute Gasteiger partial charge is 0.0832 e. The van der Waals surface area contributed by atoms with E-state index < -0.39 is 0 Å². The van der Waals surface area contributed by atoms with Gasteiger partial charge in [0.25, 0.3) is 0 Å². The fourth-order valence-electron chi connectivity index (χ4n) is 0.983. The van der Waals surface area contributed by atoms with Gasteiger partial charge in [0.1, 0.15) is 0 Å². The summed E-state index contributed by atoms with van der Waals surface area (Å²) in [6.07, 6.45) is 1.97. The highest BCUT2D eigenvalue weighted by molar-refractivity contribution is 4.68. The Morgan fingerprint density at radius 3 is 2.75 bits per heavy atom. The first-order valence-corrected chi connectivity index (χ1v) is 3.10. The van der Waals surface area contributed by atoms with Gasteiger partial charge in [0.15, 0.2) is 0 Å². The van der Waals surface area contributed by atoms with Crippen molar-refractivity contribution in [2.24, 2.45) is 0 Å². The van der Waals surface area contributed by atoms with Gasteiger partial charge in [-0.25, -0.2) is 0 Å². The summed E-state index contributed by atoms with van der Waals surface area (Å²) in [4.78, 5) is 0. The first-order chi connectivity index (χ1) is 3.80. The number of aliphatic hydroxyl groups excluding tert-OH is 1. The van der Waals surface area contributed by atoms with E-state index in [1.165, 1.54) is 0 Å². The largest absolute Gasteiger partial charge is 0.391 e. The average molecular weight is 116 g/mol. The maximum Gasteiger partial charge on any atom is 0.0832 e. The van der Waals surface area contributed by atoms with Gasteiger partial charge in [-0.05, 0) is 19.8 Å². The van der Waals surface area contributed by atoms with Crippen molar-refractivity contribution in [3.05, 3.63) is 0 Å². The summed E-state index contributed by atoms with van der Waals surface area (Å²) in [5.41, 5.74) is 0. The molecule has 1 heterocycles. The lowest BCUT2D eigenvalue weighted by molar-refractivity contribution is 0.00856. The Labute approximate surface area is 49.5 Å². The molecule has 0 aromatic rings. The van der Waals surface area contributed by atoms with Crippen LogP contribution in [0.1, 0.15) is 19.8 Å². The Morgan fingerprint density at radius 1 is 1.75 bits per heavy atom. The standard InChI is InChI=1S/C6H12O2/c1-5(7)6-3-2-4-8-6/h5-7H,2-4H2,1H3/t5-,6+/m0/s1. The molecule has 2 nitrogen and oxygen atoms in total. The minimum Gasteiger partial charge on any atom is -0.391 e. The van der Waals surface area contributed by atoms with E-state index >= 15 is 0 Å². The van der Waals surface area contributed by atoms with Crippen LogP contribution in [0.4, 0.5) is 0 Å². The Hall–Kier alpha value is -0.0800. The first-order valence-electron chi connectivity index (χ1n) is 3.10. The van der Waals surface area contributed by atoms with Crippen LogP contribution in [0.15, 0.2) is 0 Å². The zero-order valence-corrected chi connectivity index (χ0v) is 5.13. The normalized spacial score (nSPS) is 33.0. The van der Waals surface area contributed by atoms with Gasteiger partial charge in [-0.2, -0.15) is 0 Å². The fourth-order valence-corrected chi connectivity index (χ4v) is 0.983. The number of hydrogen-bond acceptors (Lipinski definition) is 2. The fraction of sp³-hybridized carbons (Fsp3) is 1.00. The molecule has 1 N–H and O–H groups in total. The van der Waals surface area contributed by atoms with E-state index in [9.17, 15) is 0 Å². The third-order valence-electron chi connectivity index (χ3n) is 1.50. The van der Waals surface area contributed by atoms with E-state index in [4.69, 9.17) is 9.84 Å². The summed E-state index contributed by atoms with van der Waals surface area (Å²) >= 11 is 0. The third kappa shape index (κ3) is 1.20. The second-order valence-corrected chi connectivity index (χ2v) is 2.29. The number of hydrogen-bond donors (Lipinski definition) is 1. The van der Waals surface area contributed by atoms with Crippen LogP contribution in [0.3, 0.4) is 0 Å². The molecule has 0 spiro atoms. The van der Waals surface area contributed by atoms with Crippen molar-refractivity contribution in [3.8, 4) is 0 Å². The molecular formula is C6H12O2. The van der Waals surface area contributed by atoms with Gasteiger partial charge in [0.05, 0.1) is 12.2 Å². The van der Waals surface area contributed by atoms with Gasteiger partial charge < -0.3 is 9.84 Å². The molecule has 0 aliphatic carbocycles. The lowest BCUT2D eigenvalue weighted by atomic mass is 10.2. The molecule has 0 unspecified atom stereocenters. The first kappa shape index (κ1) is 6.05. The second-order valence-electron chi connectivity index (χ2n) is 2.29. The van der Waals surface area contributed by atoms with Crippen LogP contribution in [-0.4, -0.2) is 23.9 Å². The Kier molecular flexibility index (Phi) is 1.86. The molecule has 1 rings (SSSR count). The molecular weight excluding hydrogens is 104 g/mol. The van der Waals surface area contributed by atoms with E-state index in [1.54, 1.807) is 6.92 Å². The molecule has 1 aliphatic heterocycles. The summed E-state index contributed by atoms with van der Waals surface area (Å²) in [5.74, 6) is 0. The predicted molar refractivity (Wildman–Crippen MR) is 30.7 cm³/mol. The predicted octanol–water partition coefficient (Wildman–Crippen LogP) is 0.546. The van der Waals surface area contributed by atoms with Crippen LogP contribution in [0.25, 0.3) is 0 Å². The summed E-state index contributed by atoms with van der Waals surface area (Å²) in [5, 5.41) is 8.93. The monoisotopic (exact) mass is 116 g/mol. The highest BCUT2D eigenvalue weighted by Crippen LogP contribution is 2.14. The Balaban J connectivity index is 2.24. The van der Waals surface area contributed by atoms with Gasteiger partial charge in [-0.3, -0.25) is 0 Å². The van der Waals surface area contributed by atoms with Crippen molar-refractivity contribution in [3.63, 3.8) is 0 Å². The third-order valence-corrected chi connectivity index (χ3v) is 1.50. The average Bonchev–Trinajstić information content (AvgIpc) is 2.12. The van der Waals surface area contributed by atoms with Gasteiger partial charge in [-0.15, -0.1) is 0 Å². The van der Waals surface area contributed by atoms with Gasteiger partial charge in [0.2, 0.25) is 0 Å². The quantitative estimate of drug-likeness (QED) is 0.542. The van der Waals surface area contributed by atoms with Crippen LogP contribution in [0.2, 0.25) is 0 Å². The molecule has 0 radical (unpaired) electrons. The maximum absolute atomic E-state index is 8.93. The molecule has 8 heavy (non-hydrogen) atoms. The second kappa shape index (κ2) is 2.46. The lowest BCUT2D eigenvalue weighted by Gasteiger charge is -2.10. The molecule has 0 bridgehead atoms. The van der Waals surface area contributed by atoms with Crippen LogP contribution < -0.4 is 0 Å².